The van der Waals surface area contributed by atoms with Crippen LogP contribution < -0.4 is 5.46 Å². The monoisotopic (exact) mass is 696 g/mol. The summed E-state index contributed by atoms with van der Waals surface area (Å²) in [6.07, 6.45) is 0. The van der Waals surface area contributed by atoms with Crippen molar-refractivity contribution in [3.8, 4) is 22.3 Å². The molecule has 0 radical (unpaired) electrons. The fraction of sp³-hybridized carbons (Fsp3) is 0.160. The number of hydrogen-bond acceptors (Lipinski definition) is 3. The van der Waals surface area contributed by atoms with E-state index in [0.29, 0.717) is 0 Å². The Morgan fingerprint density at radius 2 is 0.907 bits per heavy atom. The lowest BCUT2D eigenvalue weighted by atomic mass is 9.52. The van der Waals surface area contributed by atoms with E-state index in [-0.39, 0.29) is 0 Å². The first kappa shape index (κ1) is 30.8. The molecule has 0 amide bonds. The zero-order valence-corrected chi connectivity index (χ0v) is 30.7. The first-order valence-corrected chi connectivity index (χ1v) is 19.1. The van der Waals surface area contributed by atoms with Gasteiger partial charge in [0.25, 0.3) is 0 Å². The van der Waals surface area contributed by atoms with Gasteiger partial charge in [-0.25, -0.2) is 0 Å². The normalized spacial score (nSPS) is 18.4. The quantitative estimate of drug-likeness (QED) is 0.160. The van der Waals surface area contributed by atoms with Crippen LogP contribution in [0.25, 0.3) is 44.2 Å². The van der Waals surface area contributed by atoms with Gasteiger partial charge in [0.05, 0.1) is 22.0 Å². The lowest BCUT2D eigenvalue weighted by molar-refractivity contribution is 0.00578. The molecule has 0 unspecified atom stereocenters. The van der Waals surface area contributed by atoms with E-state index >= 15 is 0 Å². The maximum atomic E-state index is 6.88. The largest absolute Gasteiger partial charge is 0.494 e. The van der Waals surface area contributed by atoms with Gasteiger partial charge in [0, 0.05) is 16.3 Å². The Balaban J connectivity index is 1.24. The average molecular weight is 697 g/mol. The van der Waals surface area contributed by atoms with Gasteiger partial charge in [0.15, 0.2) is 0 Å². The molecule has 54 heavy (non-hydrogen) atoms. The third-order valence-corrected chi connectivity index (χ3v) is 13.6. The fourth-order valence-corrected chi connectivity index (χ4v) is 10.7. The van der Waals surface area contributed by atoms with Crippen LogP contribution in [0.15, 0.2) is 156 Å². The van der Waals surface area contributed by atoms with E-state index in [1.165, 1.54) is 61.2 Å². The topological polar surface area (TPSA) is 31.6 Å². The van der Waals surface area contributed by atoms with Crippen LogP contribution >= 0.6 is 0 Å². The lowest BCUT2D eigenvalue weighted by Gasteiger charge is -2.48. The summed E-state index contributed by atoms with van der Waals surface area (Å²) in [6.45, 7) is 8.50. The zero-order valence-electron chi connectivity index (χ0n) is 30.7. The molecule has 3 nitrogen and oxygen atoms in total. The molecule has 3 aliphatic carbocycles. The molecule has 2 spiro atoms. The molecule has 12 rings (SSSR count). The van der Waals surface area contributed by atoms with Crippen molar-refractivity contribution in [1.29, 1.82) is 0 Å². The minimum absolute atomic E-state index is 0.461. The van der Waals surface area contributed by atoms with E-state index in [4.69, 9.17) is 13.7 Å². The van der Waals surface area contributed by atoms with E-state index in [9.17, 15) is 0 Å². The van der Waals surface area contributed by atoms with Gasteiger partial charge in [-0.05, 0) is 100 Å². The molecule has 1 aliphatic heterocycles. The number of rotatable bonds is 1. The van der Waals surface area contributed by atoms with Crippen molar-refractivity contribution < 1.29 is 13.7 Å². The SMILES string of the molecule is CC1(C)OB(c2ccc3c(c2)C2(c4ccccc4C4(c5ccccc5-c5ccccc54)c4ccccc42)c2ccc4c(oc5ccccc54)c2-3)OC1(C)C. The minimum Gasteiger partial charge on any atom is -0.455 e. The van der Waals surface area contributed by atoms with Crippen LogP contribution in [0.3, 0.4) is 0 Å². The van der Waals surface area contributed by atoms with Crippen molar-refractivity contribution in [3.63, 3.8) is 0 Å². The standard InChI is InChI=1S/C50H37BO3/c1-47(2)48(3,4)54-51(53-47)30-25-26-35-43(29-30)50(42-28-27-34-33-17-7-14-24-44(33)52-46(34)45(35)42)40-22-12-10-20-38(40)49(39-21-11-13-23-41(39)50)36-18-8-5-15-31(36)32-16-6-9-19-37(32)49/h5-29H,1-4H3. The van der Waals surface area contributed by atoms with E-state index in [2.05, 4.69) is 179 Å². The fourth-order valence-electron chi connectivity index (χ4n) is 10.7. The van der Waals surface area contributed by atoms with Crippen molar-refractivity contribution in [3.05, 3.63) is 196 Å². The Kier molecular flexibility index (Phi) is 5.75. The lowest BCUT2D eigenvalue weighted by Crippen LogP contribution is -2.44. The van der Waals surface area contributed by atoms with Crippen molar-refractivity contribution in [2.75, 3.05) is 0 Å². The van der Waals surface area contributed by atoms with Crippen LogP contribution in [0.1, 0.15) is 72.2 Å². The van der Waals surface area contributed by atoms with E-state index < -0.39 is 29.2 Å². The molecular weight excluding hydrogens is 659 g/mol. The Hall–Kier alpha value is -5.68. The van der Waals surface area contributed by atoms with Crippen molar-refractivity contribution in [2.45, 2.75) is 49.7 Å². The number of fused-ring (bicyclic) bond motifs is 20. The second-order valence-electron chi connectivity index (χ2n) is 16.5. The van der Waals surface area contributed by atoms with Crippen LogP contribution in [0.5, 0.6) is 0 Å². The van der Waals surface area contributed by atoms with Gasteiger partial charge in [0.2, 0.25) is 0 Å². The van der Waals surface area contributed by atoms with Crippen LogP contribution in [0.4, 0.5) is 0 Å². The molecule has 1 saturated heterocycles. The van der Waals surface area contributed by atoms with Crippen molar-refractivity contribution in [2.24, 2.45) is 0 Å². The summed E-state index contributed by atoms with van der Waals surface area (Å²) in [7, 11) is -0.499. The van der Waals surface area contributed by atoms with E-state index in [1.807, 2.05) is 0 Å². The summed E-state index contributed by atoms with van der Waals surface area (Å²) in [5.41, 5.74) is 16.1. The summed E-state index contributed by atoms with van der Waals surface area (Å²) < 4.78 is 20.3. The number of para-hydroxylation sites is 1. The van der Waals surface area contributed by atoms with E-state index in [1.54, 1.807) is 0 Å². The maximum Gasteiger partial charge on any atom is 0.494 e. The molecule has 0 atom stereocenters. The molecule has 0 saturated carbocycles. The van der Waals surface area contributed by atoms with Gasteiger partial charge < -0.3 is 13.7 Å². The first-order valence-electron chi connectivity index (χ1n) is 19.1. The summed E-state index contributed by atoms with van der Waals surface area (Å²) in [6, 6.07) is 56.5. The van der Waals surface area contributed by atoms with Crippen LogP contribution in [0.2, 0.25) is 0 Å². The Labute approximate surface area is 315 Å². The zero-order chi connectivity index (χ0) is 36.2. The highest BCUT2D eigenvalue weighted by Crippen LogP contribution is 2.68. The van der Waals surface area contributed by atoms with Crippen molar-refractivity contribution >= 4 is 34.5 Å². The molecule has 2 heterocycles. The van der Waals surface area contributed by atoms with Crippen LogP contribution in [-0.4, -0.2) is 18.3 Å². The molecule has 0 bridgehead atoms. The molecule has 4 aliphatic rings. The third-order valence-electron chi connectivity index (χ3n) is 13.6. The average Bonchev–Trinajstić information content (AvgIpc) is 3.87. The second-order valence-corrected chi connectivity index (χ2v) is 16.5. The van der Waals surface area contributed by atoms with Gasteiger partial charge >= 0.3 is 7.12 Å². The van der Waals surface area contributed by atoms with Gasteiger partial charge in [-0.2, -0.15) is 0 Å². The van der Waals surface area contributed by atoms with E-state index in [0.717, 1.165) is 33.0 Å². The molecule has 1 aromatic heterocycles. The molecule has 8 aromatic rings. The molecular formula is C50H37BO3. The molecule has 4 heteroatoms. The number of hydrogen-bond donors (Lipinski definition) is 0. The van der Waals surface area contributed by atoms with Gasteiger partial charge in [0.1, 0.15) is 11.2 Å². The smallest absolute Gasteiger partial charge is 0.455 e. The number of furan rings is 1. The Bertz CT molecular complexity index is 2820. The highest BCUT2D eigenvalue weighted by Gasteiger charge is 2.60. The minimum atomic E-state index is -0.650. The Morgan fingerprint density at radius 1 is 0.407 bits per heavy atom. The summed E-state index contributed by atoms with van der Waals surface area (Å²) in [5, 5.41) is 2.27. The summed E-state index contributed by atoms with van der Waals surface area (Å²) in [4.78, 5) is 0. The Morgan fingerprint density at radius 3 is 1.50 bits per heavy atom. The summed E-state index contributed by atoms with van der Waals surface area (Å²) >= 11 is 0. The van der Waals surface area contributed by atoms with Gasteiger partial charge in [-0.15, -0.1) is 0 Å². The molecule has 7 aromatic carbocycles. The molecule has 1 fully saturated rings. The predicted molar refractivity (Wildman–Crippen MR) is 218 cm³/mol. The maximum absolute atomic E-state index is 6.88. The predicted octanol–water partition coefficient (Wildman–Crippen LogP) is 10.9. The highest BCUT2D eigenvalue weighted by atomic mass is 16.7. The first-order chi connectivity index (χ1) is 26.3. The number of benzene rings is 7. The van der Waals surface area contributed by atoms with Gasteiger partial charge in [-0.1, -0.05) is 146 Å². The highest BCUT2D eigenvalue weighted by molar-refractivity contribution is 6.62. The second kappa shape index (κ2) is 10.1. The van der Waals surface area contributed by atoms with Crippen LogP contribution in [-0.2, 0) is 20.1 Å². The van der Waals surface area contributed by atoms with Crippen LogP contribution in [0, 0.1) is 0 Å². The van der Waals surface area contributed by atoms with Crippen molar-refractivity contribution in [1.82, 2.24) is 0 Å². The van der Waals surface area contributed by atoms with Gasteiger partial charge in [-0.3, -0.25) is 0 Å². The molecule has 258 valence electrons. The summed E-state index contributed by atoms with van der Waals surface area (Å²) in [5.74, 6) is 0. The third kappa shape index (κ3) is 3.44. The molecule has 0 N–H and O–H groups in total.